The minimum Gasteiger partial charge on any atom is -0.302 e. The molecule has 1 fully saturated rings. The Bertz CT molecular complexity index is 161. The van der Waals surface area contributed by atoms with Crippen molar-refractivity contribution in [3.8, 4) is 0 Å². The van der Waals surface area contributed by atoms with Crippen molar-refractivity contribution in [2.24, 2.45) is 0 Å². The Kier molecular flexibility index (Phi) is 4.39. The molecule has 0 N–H and O–H groups in total. The molecule has 1 rings (SSSR count). The molecule has 3 heteroatoms. The number of rotatable bonds is 5. The number of carbonyl (C=O) groups excluding carboxylic acids is 1. The summed E-state index contributed by atoms with van der Waals surface area (Å²) in [6.45, 7) is 6.17. The zero-order valence-corrected chi connectivity index (χ0v) is 8.70. The van der Waals surface area contributed by atoms with Gasteiger partial charge < -0.3 is 4.79 Å². The van der Waals surface area contributed by atoms with Gasteiger partial charge in [0.1, 0.15) is 6.29 Å². The van der Waals surface area contributed by atoms with Gasteiger partial charge in [-0.25, -0.2) is 0 Å². The third-order valence-electron chi connectivity index (χ3n) is 2.81. The number of nitrogens with zero attached hydrogens (tertiary/aromatic N) is 2. The van der Waals surface area contributed by atoms with E-state index in [1.807, 2.05) is 7.05 Å². The zero-order chi connectivity index (χ0) is 9.68. The fourth-order valence-electron chi connectivity index (χ4n) is 2.08. The van der Waals surface area contributed by atoms with Crippen molar-refractivity contribution in [3.63, 3.8) is 0 Å². The van der Waals surface area contributed by atoms with Crippen molar-refractivity contribution in [3.05, 3.63) is 0 Å². The molecule has 1 unspecified atom stereocenters. The third-order valence-corrected chi connectivity index (χ3v) is 2.81. The highest BCUT2D eigenvalue weighted by Gasteiger charge is 2.23. The van der Waals surface area contributed by atoms with Gasteiger partial charge in [-0.1, -0.05) is 6.92 Å². The SMILES string of the molecule is CCN1CCCC1CN(C)CC=O. The summed E-state index contributed by atoms with van der Waals surface area (Å²) in [7, 11) is 2.01. The van der Waals surface area contributed by atoms with E-state index in [2.05, 4.69) is 16.7 Å². The van der Waals surface area contributed by atoms with Crippen molar-refractivity contribution in [2.45, 2.75) is 25.8 Å². The largest absolute Gasteiger partial charge is 0.302 e. The summed E-state index contributed by atoms with van der Waals surface area (Å²) in [5, 5.41) is 0. The van der Waals surface area contributed by atoms with Crippen LogP contribution in [0.4, 0.5) is 0 Å². The normalized spacial score (nSPS) is 24.1. The lowest BCUT2D eigenvalue weighted by atomic mass is 10.2. The number of hydrogen-bond acceptors (Lipinski definition) is 3. The molecule has 0 aromatic carbocycles. The molecule has 1 aliphatic heterocycles. The van der Waals surface area contributed by atoms with Crippen LogP contribution in [-0.4, -0.2) is 55.4 Å². The van der Waals surface area contributed by atoms with Gasteiger partial charge in [0.2, 0.25) is 0 Å². The van der Waals surface area contributed by atoms with Crippen LogP contribution in [0.5, 0.6) is 0 Å². The third kappa shape index (κ3) is 3.08. The quantitative estimate of drug-likeness (QED) is 0.585. The number of likely N-dealkylation sites (N-methyl/N-ethyl adjacent to an activating group) is 2. The maximum atomic E-state index is 10.3. The van der Waals surface area contributed by atoms with Gasteiger partial charge >= 0.3 is 0 Å². The summed E-state index contributed by atoms with van der Waals surface area (Å²) in [4.78, 5) is 14.9. The first-order chi connectivity index (χ1) is 6.27. The first-order valence-electron chi connectivity index (χ1n) is 5.14. The van der Waals surface area contributed by atoms with Crippen LogP contribution in [-0.2, 0) is 4.79 Å². The van der Waals surface area contributed by atoms with Gasteiger partial charge in [0.25, 0.3) is 0 Å². The number of likely N-dealkylation sites (tertiary alicyclic amines) is 1. The summed E-state index contributed by atoms with van der Waals surface area (Å²) < 4.78 is 0. The second-order valence-corrected chi connectivity index (χ2v) is 3.81. The summed E-state index contributed by atoms with van der Waals surface area (Å²) in [5.41, 5.74) is 0. The lowest BCUT2D eigenvalue weighted by Crippen LogP contribution is -2.39. The molecular weight excluding hydrogens is 164 g/mol. The monoisotopic (exact) mass is 184 g/mol. The van der Waals surface area contributed by atoms with Gasteiger partial charge in [0.15, 0.2) is 0 Å². The van der Waals surface area contributed by atoms with E-state index < -0.39 is 0 Å². The molecule has 1 saturated heterocycles. The molecule has 76 valence electrons. The Balaban J connectivity index is 2.30. The van der Waals surface area contributed by atoms with Gasteiger partial charge in [-0.2, -0.15) is 0 Å². The van der Waals surface area contributed by atoms with Crippen LogP contribution in [0.15, 0.2) is 0 Å². The number of carbonyl (C=O) groups is 1. The molecule has 1 atom stereocenters. The summed E-state index contributed by atoms with van der Waals surface area (Å²) in [6, 6.07) is 0.676. The average molecular weight is 184 g/mol. The summed E-state index contributed by atoms with van der Waals surface area (Å²) in [5.74, 6) is 0. The highest BCUT2D eigenvalue weighted by Crippen LogP contribution is 2.16. The molecular formula is C10H20N2O. The molecule has 1 aliphatic rings. The Morgan fingerprint density at radius 1 is 1.62 bits per heavy atom. The Morgan fingerprint density at radius 3 is 3.00 bits per heavy atom. The highest BCUT2D eigenvalue weighted by atomic mass is 16.1. The molecule has 0 amide bonds. The van der Waals surface area contributed by atoms with Crippen molar-refractivity contribution >= 4 is 6.29 Å². The molecule has 0 saturated carbocycles. The van der Waals surface area contributed by atoms with Crippen LogP contribution in [0, 0.1) is 0 Å². The van der Waals surface area contributed by atoms with Crippen molar-refractivity contribution in [1.82, 2.24) is 9.80 Å². The van der Waals surface area contributed by atoms with E-state index in [1.54, 1.807) is 0 Å². The van der Waals surface area contributed by atoms with Gasteiger partial charge in [-0.05, 0) is 33.0 Å². The van der Waals surface area contributed by atoms with Crippen molar-refractivity contribution in [2.75, 3.05) is 33.2 Å². The Labute approximate surface area is 80.7 Å². The number of aldehydes is 1. The van der Waals surface area contributed by atoms with Gasteiger partial charge in [0, 0.05) is 12.6 Å². The topological polar surface area (TPSA) is 23.6 Å². The molecule has 0 aromatic heterocycles. The molecule has 0 aromatic rings. The molecule has 0 radical (unpaired) electrons. The predicted octanol–water partition coefficient (Wildman–Crippen LogP) is 0.601. The molecule has 0 aliphatic carbocycles. The Morgan fingerprint density at radius 2 is 2.38 bits per heavy atom. The minimum atomic E-state index is 0.564. The van der Waals surface area contributed by atoms with Gasteiger partial charge in [0.05, 0.1) is 6.54 Å². The molecule has 1 heterocycles. The lowest BCUT2D eigenvalue weighted by molar-refractivity contribution is -0.108. The van der Waals surface area contributed by atoms with Crippen LogP contribution in [0.2, 0.25) is 0 Å². The molecule has 0 bridgehead atoms. The first-order valence-corrected chi connectivity index (χ1v) is 5.14. The van der Waals surface area contributed by atoms with Crippen molar-refractivity contribution < 1.29 is 4.79 Å². The second-order valence-electron chi connectivity index (χ2n) is 3.81. The van der Waals surface area contributed by atoms with E-state index in [-0.39, 0.29) is 0 Å². The van der Waals surface area contributed by atoms with Gasteiger partial charge in [-0.15, -0.1) is 0 Å². The summed E-state index contributed by atoms with van der Waals surface area (Å²) >= 11 is 0. The van der Waals surface area contributed by atoms with Crippen LogP contribution in [0.3, 0.4) is 0 Å². The highest BCUT2D eigenvalue weighted by molar-refractivity contribution is 5.51. The van der Waals surface area contributed by atoms with Gasteiger partial charge in [-0.3, -0.25) is 9.80 Å². The minimum absolute atomic E-state index is 0.564. The molecule has 13 heavy (non-hydrogen) atoms. The lowest BCUT2D eigenvalue weighted by Gasteiger charge is -2.26. The van der Waals surface area contributed by atoms with Crippen LogP contribution in [0.25, 0.3) is 0 Å². The summed E-state index contributed by atoms with van der Waals surface area (Å²) in [6.07, 6.45) is 3.58. The fourth-order valence-corrected chi connectivity index (χ4v) is 2.08. The van der Waals surface area contributed by atoms with Crippen LogP contribution < -0.4 is 0 Å². The standard InChI is InChI=1S/C10H20N2O/c1-3-12-6-4-5-10(12)9-11(2)7-8-13/h8,10H,3-7,9H2,1-2H3. The van der Waals surface area contributed by atoms with E-state index >= 15 is 0 Å². The fraction of sp³-hybridized carbons (Fsp3) is 0.900. The van der Waals surface area contributed by atoms with E-state index in [4.69, 9.17) is 0 Å². The average Bonchev–Trinajstić information content (AvgIpc) is 2.52. The van der Waals surface area contributed by atoms with Crippen molar-refractivity contribution in [1.29, 1.82) is 0 Å². The smallest absolute Gasteiger partial charge is 0.133 e. The predicted molar refractivity (Wildman–Crippen MR) is 53.8 cm³/mol. The maximum Gasteiger partial charge on any atom is 0.133 e. The maximum absolute atomic E-state index is 10.3. The zero-order valence-electron chi connectivity index (χ0n) is 8.70. The van der Waals surface area contributed by atoms with E-state index in [9.17, 15) is 4.79 Å². The first kappa shape index (κ1) is 10.7. The molecule has 0 spiro atoms. The van der Waals surface area contributed by atoms with Crippen LogP contribution >= 0.6 is 0 Å². The van der Waals surface area contributed by atoms with E-state index in [0.717, 1.165) is 19.4 Å². The van der Waals surface area contributed by atoms with E-state index in [1.165, 1.54) is 19.4 Å². The number of hydrogen-bond donors (Lipinski definition) is 0. The van der Waals surface area contributed by atoms with E-state index in [0.29, 0.717) is 12.6 Å². The van der Waals surface area contributed by atoms with Crippen LogP contribution in [0.1, 0.15) is 19.8 Å². The second kappa shape index (κ2) is 5.35. The molecule has 3 nitrogen and oxygen atoms in total. The Hall–Kier alpha value is -0.410.